The lowest BCUT2D eigenvalue weighted by atomic mass is 9.98. The van der Waals surface area contributed by atoms with Gasteiger partial charge < -0.3 is 10.4 Å². The molecule has 0 saturated carbocycles. The number of rotatable bonds is 5. The first-order valence-corrected chi connectivity index (χ1v) is 7.83. The van der Waals surface area contributed by atoms with Gasteiger partial charge >= 0.3 is 0 Å². The summed E-state index contributed by atoms with van der Waals surface area (Å²) in [6, 6.07) is 0.364. The van der Waals surface area contributed by atoms with Crippen molar-refractivity contribution in [2.24, 2.45) is 5.92 Å². The number of aliphatic hydroxyl groups is 1. The van der Waals surface area contributed by atoms with Gasteiger partial charge in [0.05, 0.1) is 17.3 Å². The fourth-order valence-electron chi connectivity index (χ4n) is 1.98. The van der Waals surface area contributed by atoms with Crippen LogP contribution in [0.2, 0.25) is 0 Å². The molecule has 0 amide bonds. The number of hydrogen-bond donors (Lipinski definition) is 2. The Morgan fingerprint density at radius 1 is 1.26 bits per heavy atom. The highest BCUT2D eigenvalue weighted by atomic mass is 32.1. The van der Waals surface area contributed by atoms with Crippen LogP contribution in [0.1, 0.15) is 63.2 Å². The van der Waals surface area contributed by atoms with Gasteiger partial charge in [0.15, 0.2) is 0 Å². The molecule has 2 unspecified atom stereocenters. The molecule has 1 aromatic rings. The molecule has 0 aliphatic carbocycles. The van der Waals surface area contributed by atoms with E-state index in [1.54, 1.807) is 11.3 Å². The van der Waals surface area contributed by atoms with Crippen molar-refractivity contribution >= 4 is 11.3 Å². The average Bonchev–Trinajstić information content (AvgIpc) is 2.67. The summed E-state index contributed by atoms with van der Waals surface area (Å²) >= 11 is 1.78. The predicted octanol–water partition coefficient (Wildman–Crippen LogP) is 3.42. The van der Waals surface area contributed by atoms with E-state index in [1.165, 1.54) is 9.88 Å². The first kappa shape index (κ1) is 16.6. The van der Waals surface area contributed by atoms with E-state index in [4.69, 9.17) is 4.98 Å². The molecule has 0 spiro atoms. The smallest absolute Gasteiger partial charge is 0.0985 e. The van der Waals surface area contributed by atoms with Gasteiger partial charge in [-0.25, -0.2) is 4.98 Å². The molecule has 2 atom stereocenters. The Morgan fingerprint density at radius 3 is 2.21 bits per heavy atom. The SMILES string of the molecule is Cc1nc(C(C)(C)C)sc1C(C)NC(CO)C(C)C. The van der Waals surface area contributed by atoms with Gasteiger partial charge in [-0.1, -0.05) is 34.6 Å². The molecule has 4 heteroatoms. The lowest BCUT2D eigenvalue weighted by Gasteiger charge is -2.24. The molecular formula is C15H28N2OS. The lowest BCUT2D eigenvalue weighted by molar-refractivity contribution is 0.202. The van der Waals surface area contributed by atoms with E-state index < -0.39 is 0 Å². The maximum absolute atomic E-state index is 9.42. The molecule has 2 N–H and O–H groups in total. The topological polar surface area (TPSA) is 45.2 Å². The van der Waals surface area contributed by atoms with Crippen LogP contribution in [0.4, 0.5) is 0 Å². The van der Waals surface area contributed by atoms with Gasteiger partial charge in [-0.2, -0.15) is 0 Å². The highest BCUT2D eigenvalue weighted by Gasteiger charge is 2.24. The van der Waals surface area contributed by atoms with Gasteiger partial charge in [0.1, 0.15) is 0 Å². The van der Waals surface area contributed by atoms with E-state index in [9.17, 15) is 5.11 Å². The van der Waals surface area contributed by atoms with Crippen molar-refractivity contribution in [3.63, 3.8) is 0 Å². The fraction of sp³-hybridized carbons (Fsp3) is 0.800. The molecule has 0 saturated heterocycles. The third-order valence-electron chi connectivity index (χ3n) is 3.33. The molecule has 19 heavy (non-hydrogen) atoms. The van der Waals surface area contributed by atoms with Crippen molar-refractivity contribution in [3.05, 3.63) is 15.6 Å². The summed E-state index contributed by atoms with van der Waals surface area (Å²) in [6.45, 7) is 15.2. The summed E-state index contributed by atoms with van der Waals surface area (Å²) in [5, 5.41) is 14.1. The molecule has 1 heterocycles. The minimum atomic E-state index is 0.0990. The molecule has 110 valence electrons. The van der Waals surface area contributed by atoms with Gasteiger partial charge in [0, 0.05) is 22.4 Å². The minimum absolute atomic E-state index is 0.0990. The van der Waals surface area contributed by atoms with Crippen molar-refractivity contribution in [3.8, 4) is 0 Å². The monoisotopic (exact) mass is 284 g/mol. The summed E-state index contributed by atoms with van der Waals surface area (Å²) in [5.74, 6) is 0.419. The average molecular weight is 284 g/mol. The zero-order chi connectivity index (χ0) is 14.8. The second kappa shape index (κ2) is 6.33. The quantitative estimate of drug-likeness (QED) is 0.871. The molecule has 0 fully saturated rings. The Kier molecular flexibility index (Phi) is 5.53. The minimum Gasteiger partial charge on any atom is -0.395 e. The Morgan fingerprint density at radius 2 is 1.84 bits per heavy atom. The molecule has 0 radical (unpaired) electrons. The molecule has 3 nitrogen and oxygen atoms in total. The van der Waals surface area contributed by atoms with Gasteiger partial charge in [-0.3, -0.25) is 0 Å². The predicted molar refractivity (Wildman–Crippen MR) is 82.8 cm³/mol. The Labute approximate surface area is 121 Å². The normalized spacial score (nSPS) is 15.8. The zero-order valence-electron chi connectivity index (χ0n) is 13.2. The largest absolute Gasteiger partial charge is 0.395 e. The zero-order valence-corrected chi connectivity index (χ0v) is 14.1. The second-order valence-corrected chi connectivity index (χ2v) is 7.67. The first-order valence-electron chi connectivity index (χ1n) is 7.01. The highest BCUT2D eigenvalue weighted by Crippen LogP contribution is 2.32. The van der Waals surface area contributed by atoms with Crippen LogP contribution in [0, 0.1) is 12.8 Å². The number of thiazole rings is 1. The van der Waals surface area contributed by atoms with Crippen LogP contribution in [0.5, 0.6) is 0 Å². The van der Waals surface area contributed by atoms with Gasteiger partial charge in [0.2, 0.25) is 0 Å². The van der Waals surface area contributed by atoms with Crippen LogP contribution in [0.15, 0.2) is 0 Å². The summed E-state index contributed by atoms with van der Waals surface area (Å²) in [7, 11) is 0. The third kappa shape index (κ3) is 4.26. The number of nitrogens with zero attached hydrogens (tertiary/aromatic N) is 1. The number of aromatic nitrogens is 1. The number of aryl methyl sites for hydroxylation is 1. The third-order valence-corrected chi connectivity index (χ3v) is 5.10. The van der Waals surface area contributed by atoms with Gasteiger partial charge in [-0.05, 0) is 19.8 Å². The van der Waals surface area contributed by atoms with Gasteiger partial charge in [0.25, 0.3) is 0 Å². The van der Waals surface area contributed by atoms with Crippen molar-refractivity contribution in [1.82, 2.24) is 10.3 Å². The Bertz CT molecular complexity index is 407. The van der Waals surface area contributed by atoms with E-state index in [1.807, 2.05) is 0 Å². The molecule has 1 rings (SSSR count). The van der Waals surface area contributed by atoms with Crippen molar-refractivity contribution in [2.75, 3.05) is 6.61 Å². The Balaban J connectivity index is 2.88. The standard InChI is InChI=1S/C15H28N2OS/c1-9(2)12(8-18)16-10(3)13-11(4)17-14(19-13)15(5,6)7/h9-10,12,16,18H,8H2,1-7H3. The van der Waals surface area contributed by atoms with Crippen LogP contribution in [0.25, 0.3) is 0 Å². The molecule has 0 aromatic carbocycles. The molecule has 0 bridgehead atoms. The number of hydrogen-bond acceptors (Lipinski definition) is 4. The van der Waals surface area contributed by atoms with Crippen molar-refractivity contribution < 1.29 is 5.11 Å². The summed E-state index contributed by atoms with van der Waals surface area (Å²) in [4.78, 5) is 5.98. The van der Waals surface area contributed by atoms with E-state index >= 15 is 0 Å². The lowest BCUT2D eigenvalue weighted by Crippen LogP contribution is -2.38. The summed E-state index contributed by atoms with van der Waals surface area (Å²) < 4.78 is 0. The molecule has 1 aromatic heterocycles. The van der Waals surface area contributed by atoms with E-state index in [0.717, 1.165) is 5.69 Å². The summed E-state index contributed by atoms with van der Waals surface area (Å²) in [6.07, 6.45) is 0. The van der Waals surface area contributed by atoms with E-state index in [2.05, 4.69) is 53.8 Å². The Hall–Kier alpha value is -0.450. The van der Waals surface area contributed by atoms with Crippen LogP contribution in [-0.4, -0.2) is 22.7 Å². The molecule has 0 aliphatic rings. The number of aliphatic hydroxyl groups excluding tert-OH is 1. The van der Waals surface area contributed by atoms with Crippen LogP contribution in [-0.2, 0) is 5.41 Å². The van der Waals surface area contributed by atoms with Gasteiger partial charge in [-0.15, -0.1) is 11.3 Å². The van der Waals surface area contributed by atoms with E-state index in [0.29, 0.717) is 5.92 Å². The summed E-state index contributed by atoms with van der Waals surface area (Å²) in [5.41, 5.74) is 1.21. The maximum atomic E-state index is 9.42. The highest BCUT2D eigenvalue weighted by molar-refractivity contribution is 7.12. The molecule has 0 aliphatic heterocycles. The van der Waals surface area contributed by atoms with Crippen molar-refractivity contribution in [2.45, 2.75) is 66.0 Å². The number of nitrogens with one attached hydrogen (secondary N) is 1. The van der Waals surface area contributed by atoms with E-state index in [-0.39, 0.29) is 24.1 Å². The van der Waals surface area contributed by atoms with Crippen molar-refractivity contribution in [1.29, 1.82) is 0 Å². The maximum Gasteiger partial charge on any atom is 0.0985 e. The first-order chi connectivity index (χ1) is 8.66. The van der Waals surface area contributed by atoms with Crippen LogP contribution < -0.4 is 5.32 Å². The fourth-order valence-corrected chi connectivity index (χ4v) is 3.12. The van der Waals surface area contributed by atoms with Crippen LogP contribution in [0.3, 0.4) is 0 Å². The second-order valence-electron chi connectivity index (χ2n) is 6.64. The molecular weight excluding hydrogens is 256 g/mol. The van der Waals surface area contributed by atoms with Crippen LogP contribution >= 0.6 is 11.3 Å².